The van der Waals surface area contributed by atoms with Gasteiger partial charge in [0.15, 0.2) is 5.75 Å². The second-order valence-electron chi connectivity index (χ2n) is 6.81. The molecule has 1 aromatic carbocycles. The number of aromatic amines is 1. The Kier molecular flexibility index (Phi) is 6.57. The van der Waals surface area contributed by atoms with Gasteiger partial charge in [-0.15, -0.1) is 13.2 Å². The summed E-state index contributed by atoms with van der Waals surface area (Å²) in [7, 11) is 0. The van der Waals surface area contributed by atoms with Gasteiger partial charge in [0, 0.05) is 30.9 Å². The van der Waals surface area contributed by atoms with Crippen LogP contribution in [-0.4, -0.2) is 52.9 Å². The molecule has 1 fully saturated rings. The number of halogens is 3. The molecule has 12 heteroatoms. The number of carbonyl (C=O) groups excluding carboxylic acids is 1. The zero-order valence-electron chi connectivity index (χ0n) is 15.8. The molecule has 1 aromatic heterocycles. The Balaban J connectivity index is 1.58. The Hall–Kier alpha value is -3.12. The fraction of sp³-hybridized carbons (Fsp3) is 0.389. The molecule has 162 valence electrons. The van der Waals surface area contributed by atoms with Gasteiger partial charge in [0.25, 0.3) is 5.56 Å². The van der Waals surface area contributed by atoms with Gasteiger partial charge in [-0.05, 0) is 31.5 Å². The summed E-state index contributed by atoms with van der Waals surface area (Å²) in [6.45, 7) is 2.33. The van der Waals surface area contributed by atoms with Crippen LogP contribution in [0.1, 0.15) is 12.0 Å². The van der Waals surface area contributed by atoms with E-state index in [1.165, 1.54) is 24.4 Å². The van der Waals surface area contributed by atoms with Crippen molar-refractivity contribution in [3.05, 3.63) is 46.4 Å². The smallest absolute Gasteiger partial charge is 0.404 e. The van der Waals surface area contributed by atoms with Gasteiger partial charge in [-0.25, -0.2) is 9.78 Å². The van der Waals surface area contributed by atoms with E-state index in [0.29, 0.717) is 18.5 Å². The maximum absolute atomic E-state index is 12.5. The molecule has 1 saturated heterocycles. The monoisotopic (exact) mass is 426 g/mol. The van der Waals surface area contributed by atoms with Crippen LogP contribution >= 0.6 is 0 Å². The number of ether oxygens (including phenoxy) is 1. The maximum atomic E-state index is 12.5. The molecular formula is C18H21F3N6O3. The molecule has 1 atom stereocenters. The number of nitrogens with one attached hydrogen (secondary N) is 3. The Morgan fingerprint density at radius 3 is 2.77 bits per heavy atom. The number of hydrogen-bond acceptors (Lipinski definition) is 6. The molecule has 0 spiro atoms. The first-order valence-electron chi connectivity index (χ1n) is 9.18. The minimum Gasteiger partial charge on any atom is -0.404 e. The number of aromatic nitrogens is 2. The van der Waals surface area contributed by atoms with E-state index in [4.69, 9.17) is 5.73 Å². The number of anilines is 2. The zero-order chi connectivity index (χ0) is 21.7. The number of benzene rings is 1. The Bertz CT molecular complexity index is 949. The van der Waals surface area contributed by atoms with Gasteiger partial charge in [-0.2, -0.15) is 0 Å². The molecule has 0 bridgehead atoms. The van der Waals surface area contributed by atoms with E-state index in [-0.39, 0.29) is 17.7 Å². The summed E-state index contributed by atoms with van der Waals surface area (Å²) in [6.07, 6.45) is -2.16. The fourth-order valence-electron chi connectivity index (χ4n) is 3.05. The van der Waals surface area contributed by atoms with Crippen LogP contribution in [-0.2, 0) is 6.42 Å². The molecule has 1 aliphatic heterocycles. The van der Waals surface area contributed by atoms with Crippen LogP contribution < -0.4 is 26.7 Å². The van der Waals surface area contributed by atoms with Crippen LogP contribution in [0.2, 0.25) is 0 Å². The average Bonchev–Trinajstić information content (AvgIpc) is 3.07. The van der Waals surface area contributed by atoms with Crippen molar-refractivity contribution in [2.45, 2.75) is 25.2 Å². The van der Waals surface area contributed by atoms with E-state index in [0.717, 1.165) is 25.6 Å². The number of nitrogens with zero attached hydrogens (tertiary/aromatic N) is 2. The number of nitrogens with two attached hydrogens (primary N) is 1. The van der Waals surface area contributed by atoms with Crippen LogP contribution in [0.3, 0.4) is 0 Å². The number of amides is 2. The zero-order valence-corrected chi connectivity index (χ0v) is 15.8. The van der Waals surface area contributed by atoms with Gasteiger partial charge in [0.05, 0.1) is 5.69 Å². The minimum atomic E-state index is -4.91. The predicted molar refractivity (Wildman–Crippen MR) is 103 cm³/mol. The van der Waals surface area contributed by atoms with Crippen molar-refractivity contribution < 1.29 is 22.7 Å². The lowest BCUT2D eigenvalue weighted by molar-refractivity contribution is -0.274. The fourth-order valence-corrected chi connectivity index (χ4v) is 3.05. The summed E-state index contributed by atoms with van der Waals surface area (Å²) in [5, 5.41) is 4.50. The van der Waals surface area contributed by atoms with E-state index in [2.05, 4.69) is 30.2 Å². The molecule has 30 heavy (non-hydrogen) atoms. The standard InChI is InChI=1S/C18H21F3N6O3/c19-18(20,21)30-14-4-2-1-3-13(14)24-17(29)26-16-23-9-11(15(28)25-16)5-7-27-8-6-12(22)10-27/h1-4,9,12H,5-8,10,22H2,(H3,23,24,25,26,28,29). The van der Waals surface area contributed by atoms with Crippen LogP contribution in [0.15, 0.2) is 35.3 Å². The number of para-hydroxylation sites is 2. The third kappa shape index (κ3) is 6.19. The van der Waals surface area contributed by atoms with Crippen molar-refractivity contribution in [3.63, 3.8) is 0 Å². The van der Waals surface area contributed by atoms with Gasteiger partial charge in [0.1, 0.15) is 0 Å². The summed E-state index contributed by atoms with van der Waals surface area (Å²) in [4.78, 5) is 32.9. The molecule has 1 unspecified atom stereocenters. The van der Waals surface area contributed by atoms with Crippen molar-refractivity contribution in [1.29, 1.82) is 0 Å². The molecule has 5 N–H and O–H groups in total. The summed E-state index contributed by atoms with van der Waals surface area (Å²) in [5.41, 5.74) is 5.69. The number of H-pyrrole nitrogens is 1. The lowest BCUT2D eigenvalue weighted by Crippen LogP contribution is -2.29. The highest BCUT2D eigenvalue weighted by atomic mass is 19.4. The molecule has 2 aromatic rings. The largest absolute Gasteiger partial charge is 0.573 e. The van der Waals surface area contributed by atoms with Crippen molar-refractivity contribution in [2.24, 2.45) is 5.73 Å². The van der Waals surface area contributed by atoms with Gasteiger partial charge in [-0.3, -0.25) is 15.1 Å². The topological polar surface area (TPSA) is 125 Å². The number of hydrogen-bond donors (Lipinski definition) is 4. The van der Waals surface area contributed by atoms with E-state index < -0.39 is 23.7 Å². The molecule has 9 nitrogen and oxygen atoms in total. The number of urea groups is 1. The number of rotatable bonds is 6. The molecule has 1 aliphatic rings. The van der Waals surface area contributed by atoms with Gasteiger partial charge < -0.3 is 20.7 Å². The highest BCUT2D eigenvalue weighted by Gasteiger charge is 2.32. The normalized spacial score (nSPS) is 17.0. The van der Waals surface area contributed by atoms with Gasteiger partial charge in [-0.1, -0.05) is 12.1 Å². The predicted octanol–water partition coefficient (Wildman–Crippen LogP) is 1.89. The van der Waals surface area contributed by atoms with Gasteiger partial charge >= 0.3 is 12.4 Å². The molecule has 2 amide bonds. The van der Waals surface area contributed by atoms with Crippen LogP contribution in [0, 0.1) is 0 Å². The van der Waals surface area contributed by atoms with Crippen molar-refractivity contribution >= 4 is 17.7 Å². The van der Waals surface area contributed by atoms with E-state index in [1.54, 1.807) is 0 Å². The molecule has 2 heterocycles. The first kappa shape index (κ1) is 21.6. The van der Waals surface area contributed by atoms with Gasteiger partial charge in [0.2, 0.25) is 5.95 Å². The minimum absolute atomic E-state index is 0.140. The lowest BCUT2D eigenvalue weighted by Gasteiger charge is -2.15. The molecule has 0 saturated carbocycles. The maximum Gasteiger partial charge on any atom is 0.573 e. The molecular weight excluding hydrogens is 405 g/mol. The Morgan fingerprint density at radius 2 is 2.10 bits per heavy atom. The third-order valence-corrected chi connectivity index (χ3v) is 4.47. The summed E-state index contributed by atoms with van der Waals surface area (Å²) in [5.74, 6) is -0.711. The SMILES string of the molecule is NC1CCN(CCc2cnc(NC(=O)Nc3ccccc3OC(F)(F)F)[nH]c2=O)C1. The van der Waals surface area contributed by atoms with Crippen LogP contribution in [0.5, 0.6) is 5.75 Å². The Labute approximate surface area is 169 Å². The third-order valence-electron chi connectivity index (χ3n) is 4.47. The lowest BCUT2D eigenvalue weighted by atomic mass is 10.2. The summed E-state index contributed by atoms with van der Waals surface area (Å²) < 4.78 is 41.2. The highest BCUT2D eigenvalue weighted by Crippen LogP contribution is 2.29. The molecule has 0 aliphatic carbocycles. The van der Waals surface area contributed by atoms with E-state index in [1.807, 2.05) is 0 Å². The Morgan fingerprint density at radius 1 is 1.33 bits per heavy atom. The van der Waals surface area contributed by atoms with E-state index >= 15 is 0 Å². The summed E-state index contributed by atoms with van der Waals surface area (Å²) >= 11 is 0. The average molecular weight is 426 g/mol. The second-order valence-corrected chi connectivity index (χ2v) is 6.81. The highest BCUT2D eigenvalue weighted by molar-refractivity contribution is 5.99. The van der Waals surface area contributed by atoms with Crippen LogP contribution in [0.25, 0.3) is 0 Å². The van der Waals surface area contributed by atoms with Crippen LogP contribution in [0.4, 0.5) is 29.6 Å². The molecule has 3 rings (SSSR count). The molecule has 0 radical (unpaired) electrons. The summed E-state index contributed by atoms with van der Waals surface area (Å²) in [6, 6.07) is 4.32. The number of likely N-dealkylation sites (tertiary alicyclic amines) is 1. The first-order valence-corrected chi connectivity index (χ1v) is 9.18. The van der Waals surface area contributed by atoms with Crippen molar-refractivity contribution in [2.75, 3.05) is 30.3 Å². The quantitative estimate of drug-likeness (QED) is 0.559. The second kappa shape index (κ2) is 9.13. The first-order chi connectivity index (χ1) is 14.2. The number of alkyl halides is 3. The number of carbonyl (C=O) groups is 1. The van der Waals surface area contributed by atoms with Crippen molar-refractivity contribution in [1.82, 2.24) is 14.9 Å². The van der Waals surface area contributed by atoms with Crippen molar-refractivity contribution in [3.8, 4) is 5.75 Å². The van der Waals surface area contributed by atoms with E-state index in [9.17, 15) is 22.8 Å².